The number of nitrogens with one attached hydrogen (secondary N) is 1. The molecule has 20 heavy (non-hydrogen) atoms. The number of alkyl halides is 1. The molecule has 3 heterocycles. The van der Waals surface area contributed by atoms with Gasteiger partial charge in [0, 0.05) is 17.3 Å². The summed E-state index contributed by atoms with van der Waals surface area (Å²) in [7, 11) is 0. The Labute approximate surface area is 130 Å². The zero-order valence-corrected chi connectivity index (χ0v) is 12.9. The number of carbonyl (C=O) groups excluding carboxylic acids is 2. The molecule has 2 unspecified atom stereocenters. The summed E-state index contributed by atoms with van der Waals surface area (Å²) < 4.78 is 0. The van der Waals surface area contributed by atoms with Gasteiger partial charge in [-0.3, -0.25) is 9.59 Å². The molecule has 0 aromatic carbocycles. The smallest absolute Gasteiger partial charge is 0.249 e. The van der Waals surface area contributed by atoms with Gasteiger partial charge in [0.05, 0.1) is 6.42 Å². The summed E-state index contributed by atoms with van der Waals surface area (Å²) in [5, 5.41) is 6.78. The fraction of sp³-hybridized carbons (Fsp3) is 0.385. The Morgan fingerprint density at radius 2 is 2.40 bits per heavy atom. The van der Waals surface area contributed by atoms with Crippen LogP contribution in [0.15, 0.2) is 28.5 Å². The Morgan fingerprint density at radius 1 is 1.55 bits per heavy atom. The minimum absolute atomic E-state index is 0.0155. The fourth-order valence-corrected chi connectivity index (χ4v) is 4.38. The average molecular weight is 329 g/mol. The van der Waals surface area contributed by atoms with Crippen molar-refractivity contribution in [2.45, 2.75) is 17.8 Å². The predicted octanol–water partition coefficient (Wildman–Crippen LogP) is 1.81. The van der Waals surface area contributed by atoms with Crippen molar-refractivity contribution >= 4 is 46.5 Å². The number of hydrogen-bond acceptors (Lipinski definition) is 4. The Morgan fingerprint density at radius 3 is 3.10 bits per heavy atom. The molecule has 1 aromatic rings. The lowest BCUT2D eigenvalue weighted by Gasteiger charge is -2.48. The summed E-state index contributed by atoms with van der Waals surface area (Å²) in [6.45, 7) is 0.581. The van der Waals surface area contributed by atoms with Crippen molar-refractivity contribution < 1.29 is 9.59 Å². The third kappa shape index (κ3) is 2.60. The maximum Gasteiger partial charge on any atom is 0.249 e. The van der Waals surface area contributed by atoms with Crippen molar-refractivity contribution in [1.29, 1.82) is 0 Å². The van der Waals surface area contributed by atoms with Gasteiger partial charge in [-0.1, -0.05) is 6.07 Å². The average Bonchev–Trinajstić information content (AvgIpc) is 2.96. The second-order valence-electron chi connectivity index (χ2n) is 4.70. The molecule has 2 aliphatic heterocycles. The molecule has 7 heteroatoms. The van der Waals surface area contributed by atoms with E-state index in [2.05, 4.69) is 5.32 Å². The first-order valence-corrected chi connectivity index (χ1v) is 8.56. The van der Waals surface area contributed by atoms with Gasteiger partial charge >= 0.3 is 0 Å². The first-order valence-electron chi connectivity index (χ1n) is 6.20. The molecule has 2 atom stereocenters. The van der Waals surface area contributed by atoms with E-state index < -0.39 is 6.04 Å². The summed E-state index contributed by atoms with van der Waals surface area (Å²) in [6.07, 6.45) is 0.335. The lowest BCUT2D eigenvalue weighted by molar-refractivity contribution is -0.147. The van der Waals surface area contributed by atoms with E-state index in [1.165, 1.54) is 0 Å². The van der Waals surface area contributed by atoms with Crippen LogP contribution < -0.4 is 5.32 Å². The number of fused-ring (bicyclic) bond motifs is 1. The van der Waals surface area contributed by atoms with Crippen LogP contribution in [0.4, 0.5) is 0 Å². The largest absolute Gasteiger partial charge is 0.341 e. The number of carbonyl (C=O) groups is 2. The number of amides is 2. The highest BCUT2D eigenvalue weighted by atomic mass is 35.5. The van der Waals surface area contributed by atoms with Gasteiger partial charge in [0.2, 0.25) is 11.8 Å². The standard InChI is InChI=1S/C13H13ClN2O2S2/c14-5-8-6-16-12(18)11(13(16)20-7-8)15-10(17)4-9-2-1-3-19-9/h1-3,7,11,13H,4-6H2,(H,15,17). The quantitative estimate of drug-likeness (QED) is 0.677. The van der Waals surface area contributed by atoms with E-state index in [1.54, 1.807) is 28.0 Å². The Bertz CT molecular complexity index is 559. The zero-order valence-electron chi connectivity index (χ0n) is 10.5. The van der Waals surface area contributed by atoms with Crippen LogP contribution in [-0.4, -0.2) is 40.6 Å². The van der Waals surface area contributed by atoms with Crippen LogP contribution in [0, 0.1) is 0 Å². The molecule has 2 amide bonds. The molecule has 106 valence electrons. The first-order chi connectivity index (χ1) is 9.69. The highest BCUT2D eigenvalue weighted by Gasteiger charge is 2.49. The van der Waals surface area contributed by atoms with Crippen LogP contribution in [-0.2, 0) is 16.0 Å². The van der Waals surface area contributed by atoms with Crippen LogP contribution in [0.3, 0.4) is 0 Å². The van der Waals surface area contributed by atoms with Gasteiger partial charge in [-0.25, -0.2) is 0 Å². The molecule has 1 N–H and O–H groups in total. The van der Waals surface area contributed by atoms with Crippen LogP contribution in [0.5, 0.6) is 0 Å². The summed E-state index contributed by atoms with van der Waals surface area (Å²) >= 11 is 8.88. The van der Waals surface area contributed by atoms with Crippen molar-refractivity contribution in [3.8, 4) is 0 Å². The third-order valence-corrected chi connectivity index (χ3v) is 5.79. The summed E-state index contributed by atoms with van der Waals surface area (Å²) in [5.41, 5.74) is 1.05. The second-order valence-corrected chi connectivity index (χ2v) is 6.99. The minimum Gasteiger partial charge on any atom is -0.341 e. The molecule has 0 aliphatic carbocycles. The lowest BCUT2D eigenvalue weighted by atomic mass is 10.1. The van der Waals surface area contributed by atoms with Gasteiger partial charge in [0.25, 0.3) is 0 Å². The van der Waals surface area contributed by atoms with Gasteiger partial charge < -0.3 is 10.2 Å². The van der Waals surface area contributed by atoms with Gasteiger partial charge in [0.15, 0.2) is 0 Å². The SMILES string of the molecule is O=C(Cc1cccs1)NC1C(=O)N2CC(CCl)=CSC12. The van der Waals surface area contributed by atoms with E-state index in [1.807, 2.05) is 22.9 Å². The van der Waals surface area contributed by atoms with Crippen LogP contribution >= 0.6 is 34.7 Å². The number of hydrogen-bond donors (Lipinski definition) is 1. The highest BCUT2D eigenvalue weighted by molar-refractivity contribution is 8.02. The molecule has 0 saturated carbocycles. The highest BCUT2D eigenvalue weighted by Crippen LogP contribution is 2.36. The maximum atomic E-state index is 12.0. The Kier molecular flexibility index (Phi) is 4.05. The molecule has 1 saturated heterocycles. The van der Waals surface area contributed by atoms with Crippen molar-refractivity contribution in [3.05, 3.63) is 33.4 Å². The number of rotatable bonds is 4. The molecular weight excluding hydrogens is 316 g/mol. The van der Waals surface area contributed by atoms with E-state index in [-0.39, 0.29) is 17.2 Å². The lowest BCUT2D eigenvalue weighted by Crippen LogP contribution is -2.70. The van der Waals surface area contributed by atoms with Crippen molar-refractivity contribution in [2.75, 3.05) is 12.4 Å². The second kappa shape index (κ2) is 5.79. The third-order valence-electron chi connectivity index (χ3n) is 3.29. The number of thioether (sulfide) groups is 1. The van der Waals surface area contributed by atoms with Crippen molar-refractivity contribution in [2.24, 2.45) is 0 Å². The maximum absolute atomic E-state index is 12.0. The number of halogens is 1. The van der Waals surface area contributed by atoms with E-state index in [4.69, 9.17) is 11.6 Å². The first kappa shape index (κ1) is 14.0. The van der Waals surface area contributed by atoms with E-state index in [0.717, 1.165) is 10.5 Å². The van der Waals surface area contributed by atoms with Crippen molar-refractivity contribution in [3.63, 3.8) is 0 Å². The van der Waals surface area contributed by atoms with Crippen LogP contribution in [0.2, 0.25) is 0 Å². The van der Waals surface area contributed by atoms with E-state index in [0.29, 0.717) is 18.8 Å². The fourth-order valence-electron chi connectivity index (χ4n) is 2.27. The topological polar surface area (TPSA) is 49.4 Å². The van der Waals surface area contributed by atoms with Gasteiger partial charge in [0.1, 0.15) is 11.4 Å². The molecule has 1 fully saturated rings. The van der Waals surface area contributed by atoms with Gasteiger partial charge in [-0.2, -0.15) is 0 Å². The minimum atomic E-state index is -0.402. The molecule has 1 aromatic heterocycles. The molecule has 3 rings (SSSR count). The summed E-state index contributed by atoms with van der Waals surface area (Å²) in [5.74, 6) is 0.328. The predicted molar refractivity (Wildman–Crippen MR) is 81.8 cm³/mol. The molecule has 0 spiro atoms. The molecule has 0 radical (unpaired) electrons. The Balaban J connectivity index is 1.58. The normalized spacial score (nSPS) is 24.8. The van der Waals surface area contributed by atoms with Crippen LogP contribution in [0.1, 0.15) is 4.88 Å². The molecule has 4 nitrogen and oxygen atoms in total. The number of nitrogens with zero attached hydrogens (tertiary/aromatic N) is 1. The summed E-state index contributed by atoms with van der Waals surface area (Å²) in [4.78, 5) is 26.7. The molecule has 2 aliphatic rings. The van der Waals surface area contributed by atoms with Crippen LogP contribution in [0.25, 0.3) is 0 Å². The molecule has 0 bridgehead atoms. The van der Waals surface area contributed by atoms with E-state index in [9.17, 15) is 9.59 Å². The van der Waals surface area contributed by atoms with Crippen molar-refractivity contribution in [1.82, 2.24) is 10.2 Å². The monoisotopic (exact) mass is 328 g/mol. The summed E-state index contributed by atoms with van der Waals surface area (Å²) in [6, 6.07) is 3.43. The Hall–Kier alpha value is -0.980. The van der Waals surface area contributed by atoms with E-state index >= 15 is 0 Å². The number of thiophene rings is 1. The van der Waals surface area contributed by atoms with Gasteiger partial charge in [-0.05, 0) is 22.4 Å². The number of β-lactam (4-membered cyclic amide) rings is 1. The zero-order chi connectivity index (χ0) is 14.1. The molecular formula is C13H13ClN2O2S2. The van der Waals surface area contributed by atoms with Gasteiger partial charge in [-0.15, -0.1) is 34.7 Å².